The second-order valence-corrected chi connectivity index (χ2v) is 16.3. The largest absolute Gasteiger partial charge is 0.456 e. The zero-order valence-corrected chi connectivity index (χ0v) is 31.8. The molecule has 1 N–H and O–H groups in total. The molecule has 2 aromatic heterocycles. The molecule has 270 valence electrons. The van der Waals surface area contributed by atoms with Crippen molar-refractivity contribution < 1.29 is 4.42 Å². The number of hydrogen-bond acceptors (Lipinski definition) is 5. The van der Waals surface area contributed by atoms with Crippen LogP contribution >= 0.6 is 11.3 Å². The Hall–Kier alpha value is -6.82. The minimum Gasteiger partial charge on any atom is -0.456 e. The highest BCUT2D eigenvalue weighted by atomic mass is 32.1. The summed E-state index contributed by atoms with van der Waals surface area (Å²) in [5.41, 5.74) is 14.5. The number of furan rings is 1. The predicted molar refractivity (Wildman–Crippen MR) is 237 cm³/mol. The van der Waals surface area contributed by atoms with Crippen LogP contribution in [0, 0.1) is 0 Å². The van der Waals surface area contributed by atoms with Crippen molar-refractivity contribution in [1.82, 2.24) is 5.32 Å². The van der Waals surface area contributed by atoms with Gasteiger partial charge in [0.25, 0.3) is 0 Å². The van der Waals surface area contributed by atoms with Gasteiger partial charge in [-0.25, -0.2) is 9.98 Å². The van der Waals surface area contributed by atoms with Crippen LogP contribution in [-0.4, -0.2) is 11.7 Å². The van der Waals surface area contributed by atoms with E-state index in [2.05, 4.69) is 139 Å². The fourth-order valence-corrected chi connectivity index (χ4v) is 10.5. The Morgan fingerprint density at radius 3 is 2.28 bits per heavy atom. The molecule has 9 aromatic rings. The van der Waals surface area contributed by atoms with E-state index >= 15 is 0 Å². The van der Waals surface area contributed by atoms with E-state index in [1.54, 1.807) is 0 Å². The molecule has 0 fully saturated rings. The molecule has 2 unspecified atom stereocenters. The molecule has 4 nitrogen and oxygen atoms in total. The highest BCUT2D eigenvalue weighted by Gasteiger charge is 2.29. The van der Waals surface area contributed by atoms with E-state index in [0.29, 0.717) is 0 Å². The zero-order chi connectivity index (χ0) is 37.5. The number of hydrogen-bond donors (Lipinski definition) is 1. The van der Waals surface area contributed by atoms with E-state index < -0.39 is 0 Å². The van der Waals surface area contributed by atoms with E-state index in [1.807, 2.05) is 47.7 Å². The third-order valence-corrected chi connectivity index (χ3v) is 13.2. The lowest BCUT2D eigenvalue weighted by Gasteiger charge is -2.24. The van der Waals surface area contributed by atoms with Crippen molar-refractivity contribution in [3.63, 3.8) is 0 Å². The Morgan fingerprint density at radius 1 is 0.632 bits per heavy atom. The number of nitrogens with one attached hydrogen (secondary N) is 1. The van der Waals surface area contributed by atoms with Crippen LogP contribution in [0.3, 0.4) is 0 Å². The Bertz CT molecular complexity index is 3200. The molecule has 0 saturated heterocycles. The predicted octanol–water partition coefficient (Wildman–Crippen LogP) is 13.2. The lowest BCUT2D eigenvalue weighted by Crippen LogP contribution is -2.33. The molecular formula is C52H35N3OS. The number of fused-ring (bicyclic) bond motifs is 9. The molecule has 7 aromatic carbocycles. The van der Waals surface area contributed by atoms with Crippen molar-refractivity contribution >= 4 is 70.7 Å². The first-order chi connectivity index (χ1) is 28.2. The molecule has 0 radical (unpaired) electrons. The number of aliphatic imine (C=N–C) groups is 2. The highest BCUT2D eigenvalue weighted by molar-refractivity contribution is 7.26. The van der Waals surface area contributed by atoms with Crippen LogP contribution in [0.1, 0.15) is 51.9 Å². The van der Waals surface area contributed by atoms with Crippen molar-refractivity contribution in [1.29, 1.82) is 0 Å². The molecule has 0 bridgehead atoms. The number of amidine groups is 2. The third-order valence-electron chi connectivity index (χ3n) is 12.0. The maximum absolute atomic E-state index is 6.51. The number of nitrogens with zero attached hydrogens (tertiary/aromatic N) is 2. The number of rotatable bonds is 5. The maximum Gasteiger partial charge on any atom is 0.159 e. The van der Waals surface area contributed by atoms with E-state index in [9.17, 15) is 0 Å². The summed E-state index contributed by atoms with van der Waals surface area (Å²) in [5.74, 6) is 1.82. The topological polar surface area (TPSA) is 49.9 Å². The minimum absolute atomic E-state index is 0.281. The maximum atomic E-state index is 6.51. The van der Waals surface area contributed by atoms with Gasteiger partial charge in [0.15, 0.2) is 5.84 Å². The van der Waals surface area contributed by atoms with Gasteiger partial charge in [0.2, 0.25) is 0 Å². The molecule has 0 saturated carbocycles. The first-order valence-corrected chi connectivity index (χ1v) is 20.5. The molecule has 57 heavy (non-hydrogen) atoms. The normalized spacial score (nSPS) is 17.5. The lowest BCUT2D eigenvalue weighted by atomic mass is 9.84. The van der Waals surface area contributed by atoms with Crippen molar-refractivity contribution in [3.8, 4) is 11.1 Å². The Labute approximate surface area is 333 Å². The van der Waals surface area contributed by atoms with E-state index in [-0.39, 0.29) is 12.1 Å². The molecule has 3 aliphatic rings. The summed E-state index contributed by atoms with van der Waals surface area (Å²) < 4.78 is 9.31. The van der Waals surface area contributed by atoms with Gasteiger partial charge < -0.3 is 9.73 Å². The summed E-state index contributed by atoms with van der Waals surface area (Å²) in [6.45, 7) is 0. The average molecular weight is 750 g/mol. The number of benzene rings is 7. The van der Waals surface area contributed by atoms with Gasteiger partial charge >= 0.3 is 0 Å². The van der Waals surface area contributed by atoms with Gasteiger partial charge in [0.1, 0.15) is 23.2 Å². The van der Waals surface area contributed by atoms with Crippen molar-refractivity contribution in [2.45, 2.75) is 24.9 Å². The third kappa shape index (κ3) is 5.34. The monoisotopic (exact) mass is 749 g/mol. The van der Waals surface area contributed by atoms with Gasteiger partial charge in [-0.2, -0.15) is 0 Å². The highest BCUT2D eigenvalue weighted by Crippen LogP contribution is 2.50. The van der Waals surface area contributed by atoms with Crippen LogP contribution in [0.4, 0.5) is 0 Å². The summed E-state index contributed by atoms with van der Waals surface area (Å²) in [7, 11) is 0. The molecule has 0 spiro atoms. The summed E-state index contributed by atoms with van der Waals surface area (Å²) in [6.07, 6.45) is 6.56. The quantitative estimate of drug-likeness (QED) is 0.190. The van der Waals surface area contributed by atoms with Gasteiger partial charge in [0.05, 0.1) is 0 Å². The second kappa shape index (κ2) is 12.9. The molecule has 12 rings (SSSR count). The Morgan fingerprint density at radius 2 is 1.42 bits per heavy atom. The number of thiophene rings is 1. The molecule has 0 amide bonds. The second-order valence-electron chi connectivity index (χ2n) is 15.3. The molecule has 1 aliphatic heterocycles. The lowest BCUT2D eigenvalue weighted by molar-refractivity contribution is 0.668. The standard InChI is InChI=1S/C52H35N3OS/c1-3-10-32(11-4-1)50-53-51(33-12-5-2-6-13-33)55-52(54-50)34-20-18-31(19-21-34)39-15-9-16-45-48(39)43-30-36(25-27-44(43)56-45)35-22-23-37-28-38-24-26-41-40-14-7-8-17-46(40)57-49(41)47(38)42(37)29-35/h1-27,30,35,52H,28-29H2,(H,53,54,55). The molecule has 2 atom stereocenters. The van der Waals surface area contributed by atoms with E-state index in [0.717, 1.165) is 74.3 Å². The summed E-state index contributed by atoms with van der Waals surface area (Å²) >= 11 is 1.95. The van der Waals surface area contributed by atoms with Crippen LogP contribution in [0.25, 0.3) is 58.8 Å². The van der Waals surface area contributed by atoms with Crippen LogP contribution in [0.2, 0.25) is 0 Å². The van der Waals surface area contributed by atoms with Gasteiger partial charge in [-0.1, -0.05) is 146 Å². The average Bonchev–Trinajstić information content (AvgIpc) is 3.97. The first-order valence-electron chi connectivity index (χ1n) is 19.6. The van der Waals surface area contributed by atoms with Crippen molar-refractivity contribution in [2.24, 2.45) is 9.98 Å². The van der Waals surface area contributed by atoms with Crippen LogP contribution in [0.15, 0.2) is 190 Å². The first kappa shape index (κ1) is 32.4. The van der Waals surface area contributed by atoms with Crippen molar-refractivity contribution in [2.75, 3.05) is 0 Å². The van der Waals surface area contributed by atoms with Crippen LogP contribution in [-0.2, 0) is 6.42 Å². The minimum atomic E-state index is -0.281. The van der Waals surface area contributed by atoms with Crippen molar-refractivity contribution in [3.05, 3.63) is 209 Å². The fraction of sp³-hybridized carbons (Fsp3) is 0.0769. The van der Waals surface area contributed by atoms with Gasteiger partial charge in [-0.05, 0) is 81.6 Å². The van der Waals surface area contributed by atoms with Gasteiger partial charge in [0, 0.05) is 48.0 Å². The zero-order valence-electron chi connectivity index (χ0n) is 30.9. The summed E-state index contributed by atoms with van der Waals surface area (Å²) in [4.78, 5) is 10.0. The summed E-state index contributed by atoms with van der Waals surface area (Å²) in [6, 6.07) is 56.0. The Kier molecular flexibility index (Phi) is 7.32. The van der Waals surface area contributed by atoms with Crippen LogP contribution < -0.4 is 5.32 Å². The van der Waals surface area contributed by atoms with E-state index in [4.69, 9.17) is 14.4 Å². The Balaban J connectivity index is 0.884. The smallest absolute Gasteiger partial charge is 0.159 e. The molecular weight excluding hydrogens is 715 g/mol. The van der Waals surface area contributed by atoms with Gasteiger partial charge in [-0.15, -0.1) is 11.3 Å². The van der Waals surface area contributed by atoms with E-state index in [1.165, 1.54) is 48.0 Å². The van der Waals surface area contributed by atoms with Crippen LogP contribution in [0.5, 0.6) is 0 Å². The summed E-state index contributed by atoms with van der Waals surface area (Å²) in [5, 5.41) is 8.66. The number of allylic oxidation sites excluding steroid dienone is 4. The SMILES string of the molecule is C1=CC(c2ccc3oc4cccc(-c5ccc(C6N=C(c7ccccc7)N=C(c7ccccc7)N6)cc5)c4c3c2)CC2=C1Cc1ccc3c(sc4ccccc43)c12. The molecule has 5 heteroatoms. The molecule has 2 aliphatic carbocycles. The van der Waals surface area contributed by atoms with Gasteiger partial charge in [-0.3, -0.25) is 0 Å². The fourth-order valence-electron chi connectivity index (χ4n) is 9.16. The molecule has 3 heterocycles.